The molecule has 0 spiro atoms. The van der Waals surface area contributed by atoms with Crippen LogP contribution in [-0.2, 0) is 13.0 Å². The number of nitrogens with one attached hydrogen (secondary N) is 1. The molecule has 0 amide bonds. The molecule has 6 heteroatoms. The molecule has 1 atom stereocenters. The Labute approximate surface area is 181 Å². The first kappa shape index (κ1) is 19.0. The Morgan fingerprint density at radius 2 is 1.90 bits per heavy atom. The summed E-state index contributed by atoms with van der Waals surface area (Å²) in [6.07, 6.45) is 4.62. The lowest BCUT2D eigenvalue weighted by atomic mass is 9.95. The SMILES string of the molecule is Clc1cccc(-n2nc(C3CCCCN3Cc3ccccc3)c3c2NCC3)c1Cl. The van der Waals surface area contributed by atoms with Gasteiger partial charge in [-0.3, -0.25) is 4.90 Å². The van der Waals surface area contributed by atoms with Crippen molar-refractivity contribution in [2.75, 3.05) is 18.4 Å². The van der Waals surface area contributed by atoms with E-state index < -0.39 is 0 Å². The van der Waals surface area contributed by atoms with Crippen LogP contribution in [0, 0.1) is 0 Å². The van der Waals surface area contributed by atoms with E-state index in [1.807, 2.05) is 22.9 Å². The predicted molar refractivity (Wildman–Crippen MR) is 119 cm³/mol. The van der Waals surface area contributed by atoms with Crippen molar-refractivity contribution in [3.05, 3.63) is 75.4 Å². The quantitative estimate of drug-likeness (QED) is 0.565. The number of rotatable bonds is 4. The Morgan fingerprint density at radius 3 is 2.76 bits per heavy atom. The molecule has 0 bridgehead atoms. The molecule has 3 heterocycles. The summed E-state index contributed by atoms with van der Waals surface area (Å²) in [6.45, 7) is 2.99. The van der Waals surface area contributed by atoms with E-state index in [1.54, 1.807) is 0 Å². The highest BCUT2D eigenvalue weighted by Gasteiger charge is 2.33. The summed E-state index contributed by atoms with van der Waals surface area (Å²) in [7, 11) is 0. The van der Waals surface area contributed by atoms with Crippen molar-refractivity contribution in [3.8, 4) is 5.69 Å². The van der Waals surface area contributed by atoms with E-state index >= 15 is 0 Å². The van der Waals surface area contributed by atoms with Gasteiger partial charge in [0.05, 0.1) is 27.5 Å². The molecule has 0 saturated carbocycles. The Balaban J connectivity index is 1.54. The van der Waals surface area contributed by atoms with E-state index in [1.165, 1.54) is 29.7 Å². The number of piperidine rings is 1. The van der Waals surface area contributed by atoms with Crippen LogP contribution in [0.3, 0.4) is 0 Å². The van der Waals surface area contributed by atoms with Gasteiger partial charge >= 0.3 is 0 Å². The van der Waals surface area contributed by atoms with E-state index in [9.17, 15) is 0 Å². The lowest BCUT2D eigenvalue weighted by Gasteiger charge is -2.35. The van der Waals surface area contributed by atoms with Crippen molar-refractivity contribution < 1.29 is 0 Å². The summed E-state index contributed by atoms with van der Waals surface area (Å²) in [4.78, 5) is 2.59. The number of aromatic nitrogens is 2. The fraction of sp³-hybridized carbons (Fsp3) is 0.348. The lowest BCUT2D eigenvalue weighted by Crippen LogP contribution is -2.33. The highest BCUT2D eigenvalue weighted by Crippen LogP contribution is 2.40. The molecule has 1 fully saturated rings. The average Bonchev–Trinajstić information content (AvgIpc) is 3.35. The van der Waals surface area contributed by atoms with Crippen LogP contribution < -0.4 is 5.32 Å². The van der Waals surface area contributed by atoms with Gasteiger partial charge < -0.3 is 5.32 Å². The van der Waals surface area contributed by atoms with Crippen molar-refractivity contribution in [1.29, 1.82) is 0 Å². The Morgan fingerprint density at radius 1 is 1.03 bits per heavy atom. The summed E-state index contributed by atoms with van der Waals surface area (Å²) in [5, 5.41) is 9.71. The van der Waals surface area contributed by atoms with Crippen molar-refractivity contribution >= 4 is 29.0 Å². The van der Waals surface area contributed by atoms with Crippen molar-refractivity contribution in [3.63, 3.8) is 0 Å². The number of benzene rings is 2. The Bertz CT molecular complexity index is 1020. The molecule has 150 valence electrons. The molecule has 5 rings (SSSR count). The van der Waals surface area contributed by atoms with Gasteiger partial charge in [-0.15, -0.1) is 0 Å². The van der Waals surface area contributed by atoms with Crippen molar-refractivity contribution in [1.82, 2.24) is 14.7 Å². The number of hydrogen-bond donors (Lipinski definition) is 1. The molecular weight excluding hydrogens is 403 g/mol. The van der Waals surface area contributed by atoms with Crippen molar-refractivity contribution in [2.45, 2.75) is 38.3 Å². The minimum Gasteiger partial charge on any atom is -0.369 e. The summed E-state index contributed by atoms with van der Waals surface area (Å²) < 4.78 is 1.96. The summed E-state index contributed by atoms with van der Waals surface area (Å²) in [6, 6.07) is 16.8. The second-order valence-corrected chi connectivity index (χ2v) is 8.63. The van der Waals surface area contributed by atoms with E-state index in [2.05, 4.69) is 40.5 Å². The standard InChI is InChI=1S/C23H24Cl2N4/c24-18-9-6-11-19(21(18)25)29-23-17(12-13-26-23)22(27-29)20-10-4-5-14-28(20)15-16-7-2-1-3-8-16/h1-3,6-9,11,20,26H,4-5,10,12-15H2. The first-order valence-corrected chi connectivity index (χ1v) is 11.1. The van der Waals surface area contributed by atoms with Crippen LogP contribution in [0.1, 0.15) is 42.1 Å². The second kappa shape index (κ2) is 8.02. The summed E-state index contributed by atoms with van der Waals surface area (Å²) >= 11 is 12.8. The molecule has 4 nitrogen and oxygen atoms in total. The zero-order valence-corrected chi connectivity index (χ0v) is 17.8. The van der Waals surface area contributed by atoms with E-state index in [0.717, 1.165) is 44.0 Å². The number of anilines is 1. The molecule has 2 aliphatic rings. The lowest BCUT2D eigenvalue weighted by molar-refractivity contribution is 0.136. The molecule has 1 N–H and O–H groups in total. The zero-order valence-electron chi connectivity index (χ0n) is 16.2. The third-order valence-corrected chi connectivity index (χ3v) is 6.81. The number of nitrogens with zero attached hydrogens (tertiary/aromatic N) is 3. The predicted octanol–water partition coefficient (Wildman–Crippen LogP) is 5.87. The first-order chi connectivity index (χ1) is 14.2. The van der Waals surface area contributed by atoms with Crippen LogP contribution in [-0.4, -0.2) is 27.8 Å². The molecule has 2 aromatic carbocycles. The van der Waals surface area contributed by atoms with Gasteiger partial charge in [-0.05, 0) is 43.5 Å². The van der Waals surface area contributed by atoms with Gasteiger partial charge in [0.1, 0.15) is 5.82 Å². The van der Waals surface area contributed by atoms with Gasteiger partial charge in [0, 0.05) is 18.7 Å². The summed E-state index contributed by atoms with van der Waals surface area (Å²) in [5.41, 5.74) is 4.70. The minimum atomic E-state index is 0.330. The smallest absolute Gasteiger partial charge is 0.133 e. The Kier molecular flexibility index (Phi) is 5.25. The van der Waals surface area contributed by atoms with Crippen molar-refractivity contribution in [2.24, 2.45) is 0 Å². The second-order valence-electron chi connectivity index (χ2n) is 7.84. The molecule has 2 aliphatic heterocycles. The number of hydrogen-bond acceptors (Lipinski definition) is 3. The fourth-order valence-corrected chi connectivity index (χ4v) is 4.98. The maximum Gasteiger partial charge on any atom is 0.133 e. The third-order valence-electron chi connectivity index (χ3n) is 6.00. The normalized spacial score (nSPS) is 19.2. The topological polar surface area (TPSA) is 33.1 Å². The van der Waals surface area contributed by atoms with Gasteiger partial charge in [0.2, 0.25) is 0 Å². The van der Waals surface area contributed by atoms with E-state index in [0.29, 0.717) is 16.1 Å². The highest BCUT2D eigenvalue weighted by atomic mass is 35.5. The monoisotopic (exact) mass is 426 g/mol. The van der Waals surface area contributed by atoms with Gasteiger partial charge in [-0.2, -0.15) is 5.10 Å². The maximum atomic E-state index is 6.53. The van der Waals surface area contributed by atoms with Gasteiger partial charge in [-0.25, -0.2) is 4.68 Å². The van der Waals surface area contributed by atoms with Crippen LogP contribution in [0.5, 0.6) is 0 Å². The van der Waals surface area contributed by atoms with E-state index in [-0.39, 0.29) is 0 Å². The molecule has 1 saturated heterocycles. The molecule has 0 radical (unpaired) electrons. The van der Waals surface area contributed by atoms with Gasteiger partial charge in [-0.1, -0.05) is 66.0 Å². The van der Waals surface area contributed by atoms with Crippen LogP contribution in [0.25, 0.3) is 5.69 Å². The third kappa shape index (κ3) is 3.54. The molecule has 29 heavy (non-hydrogen) atoms. The van der Waals surface area contributed by atoms with Gasteiger partial charge in [0.15, 0.2) is 0 Å². The first-order valence-electron chi connectivity index (χ1n) is 10.3. The van der Waals surface area contributed by atoms with Crippen LogP contribution in [0.4, 0.5) is 5.82 Å². The number of halogens is 2. The summed E-state index contributed by atoms with van der Waals surface area (Å²) in [5.74, 6) is 1.06. The Hall–Kier alpha value is -2.01. The van der Waals surface area contributed by atoms with Crippen LogP contribution in [0.15, 0.2) is 48.5 Å². The number of fused-ring (bicyclic) bond motifs is 1. The molecule has 1 unspecified atom stereocenters. The largest absolute Gasteiger partial charge is 0.369 e. The number of likely N-dealkylation sites (tertiary alicyclic amines) is 1. The highest BCUT2D eigenvalue weighted by molar-refractivity contribution is 6.43. The zero-order chi connectivity index (χ0) is 19.8. The molecule has 3 aromatic rings. The maximum absolute atomic E-state index is 6.53. The molecule has 1 aromatic heterocycles. The fourth-order valence-electron chi connectivity index (χ4n) is 4.61. The van der Waals surface area contributed by atoms with Gasteiger partial charge in [0.25, 0.3) is 0 Å². The van der Waals surface area contributed by atoms with Crippen LogP contribution >= 0.6 is 23.2 Å². The van der Waals surface area contributed by atoms with Crippen LogP contribution in [0.2, 0.25) is 10.0 Å². The average molecular weight is 427 g/mol. The van der Waals surface area contributed by atoms with E-state index in [4.69, 9.17) is 28.3 Å². The molecule has 0 aliphatic carbocycles. The minimum absolute atomic E-state index is 0.330. The molecular formula is C23H24Cl2N4.